The van der Waals surface area contributed by atoms with Crippen LogP contribution in [0.25, 0.3) is 0 Å². The Morgan fingerprint density at radius 2 is 1.55 bits per heavy atom. The predicted octanol–water partition coefficient (Wildman–Crippen LogP) is 4.25. The van der Waals surface area contributed by atoms with E-state index in [9.17, 15) is 9.90 Å². The van der Waals surface area contributed by atoms with Crippen LogP contribution in [0.15, 0.2) is 54.6 Å². The number of para-hydroxylation sites is 1. The molecule has 0 saturated carbocycles. The Morgan fingerprint density at radius 3 is 2.00 bits per heavy atom. The third-order valence-corrected chi connectivity index (χ3v) is 3.88. The molecule has 1 unspecified atom stereocenters. The molecule has 116 valence electrons. The maximum absolute atomic E-state index is 11.8. The number of anilines is 1. The molecule has 0 bridgehead atoms. The number of likely N-dealkylation sites (N-methyl/N-ethyl adjacent to an activating group) is 1. The summed E-state index contributed by atoms with van der Waals surface area (Å²) in [6.07, 6.45) is 0. The first-order valence-corrected chi connectivity index (χ1v) is 7.42. The highest BCUT2D eigenvalue weighted by Crippen LogP contribution is 2.28. The second kappa shape index (κ2) is 6.22. The average molecular weight is 297 g/mol. The van der Waals surface area contributed by atoms with Crippen molar-refractivity contribution >= 4 is 11.7 Å². The van der Waals surface area contributed by atoms with Gasteiger partial charge in [0.1, 0.15) is 0 Å². The van der Waals surface area contributed by atoms with Gasteiger partial charge in [0.25, 0.3) is 0 Å². The van der Waals surface area contributed by atoms with Crippen LogP contribution in [0, 0.1) is 0 Å². The molecule has 0 spiro atoms. The number of carbonyl (C=O) groups is 1. The normalized spacial score (nSPS) is 12.7. The Hall–Kier alpha value is -2.29. The number of carboxylic acid groups (broad SMARTS) is 1. The molecule has 1 N–H and O–H groups in total. The molecule has 3 heteroatoms. The Morgan fingerprint density at radius 1 is 1.00 bits per heavy atom. The molecule has 1 atom stereocenters. The van der Waals surface area contributed by atoms with Crippen LogP contribution in [0.1, 0.15) is 37.9 Å². The van der Waals surface area contributed by atoms with Gasteiger partial charge >= 0.3 is 5.97 Å². The predicted molar refractivity (Wildman–Crippen MR) is 90.4 cm³/mol. The van der Waals surface area contributed by atoms with Gasteiger partial charge in [-0.2, -0.15) is 0 Å². The minimum absolute atomic E-state index is 0.0581. The third kappa shape index (κ3) is 3.48. The quantitative estimate of drug-likeness (QED) is 0.917. The number of rotatable bonds is 4. The average Bonchev–Trinajstić information content (AvgIpc) is 2.47. The van der Waals surface area contributed by atoms with E-state index in [1.165, 1.54) is 5.56 Å². The first-order valence-electron chi connectivity index (χ1n) is 7.42. The van der Waals surface area contributed by atoms with Gasteiger partial charge in [-0.3, -0.25) is 0 Å². The smallest absolute Gasteiger partial charge is 0.331 e. The molecular formula is C19H23NO2. The van der Waals surface area contributed by atoms with E-state index in [-0.39, 0.29) is 5.41 Å². The highest BCUT2D eigenvalue weighted by atomic mass is 16.4. The number of hydrogen-bond acceptors (Lipinski definition) is 2. The summed E-state index contributed by atoms with van der Waals surface area (Å²) >= 11 is 0. The summed E-state index contributed by atoms with van der Waals surface area (Å²) < 4.78 is 0. The largest absolute Gasteiger partial charge is 0.479 e. The summed E-state index contributed by atoms with van der Waals surface area (Å²) in [5, 5.41) is 9.65. The van der Waals surface area contributed by atoms with Crippen molar-refractivity contribution < 1.29 is 9.90 Å². The fourth-order valence-electron chi connectivity index (χ4n) is 2.51. The van der Waals surface area contributed by atoms with E-state index >= 15 is 0 Å². The lowest BCUT2D eigenvalue weighted by molar-refractivity contribution is -0.138. The lowest BCUT2D eigenvalue weighted by atomic mass is 9.86. The number of benzene rings is 2. The molecule has 22 heavy (non-hydrogen) atoms. The van der Waals surface area contributed by atoms with Crippen molar-refractivity contribution in [3.63, 3.8) is 0 Å². The summed E-state index contributed by atoms with van der Waals surface area (Å²) in [4.78, 5) is 13.5. The molecule has 2 rings (SSSR count). The van der Waals surface area contributed by atoms with Crippen molar-refractivity contribution in [3.05, 3.63) is 65.7 Å². The van der Waals surface area contributed by atoms with Gasteiger partial charge in [0.05, 0.1) is 0 Å². The van der Waals surface area contributed by atoms with Gasteiger partial charge in [0, 0.05) is 12.7 Å². The molecule has 0 aliphatic rings. The van der Waals surface area contributed by atoms with E-state index in [4.69, 9.17) is 0 Å². The molecule has 0 aliphatic carbocycles. The first-order chi connectivity index (χ1) is 10.3. The van der Waals surface area contributed by atoms with E-state index in [2.05, 4.69) is 20.8 Å². The van der Waals surface area contributed by atoms with Crippen molar-refractivity contribution in [2.45, 2.75) is 32.2 Å². The van der Waals surface area contributed by atoms with E-state index in [0.717, 1.165) is 11.3 Å². The van der Waals surface area contributed by atoms with Gasteiger partial charge in [0.15, 0.2) is 6.04 Å². The van der Waals surface area contributed by atoms with E-state index < -0.39 is 12.0 Å². The topological polar surface area (TPSA) is 40.5 Å². The Balaban J connectivity index is 2.35. The molecule has 2 aromatic rings. The van der Waals surface area contributed by atoms with Crippen LogP contribution in [0.4, 0.5) is 5.69 Å². The highest BCUT2D eigenvalue weighted by Gasteiger charge is 2.25. The summed E-state index contributed by atoms with van der Waals surface area (Å²) in [5.74, 6) is -0.852. The maximum atomic E-state index is 11.8. The van der Waals surface area contributed by atoms with Crippen LogP contribution in [-0.2, 0) is 10.2 Å². The molecule has 0 aromatic heterocycles. The first kappa shape index (κ1) is 16.1. The van der Waals surface area contributed by atoms with Crippen LogP contribution in [0.2, 0.25) is 0 Å². The van der Waals surface area contributed by atoms with Crippen molar-refractivity contribution in [2.24, 2.45) is 0 Å². The van der Waals surface area contributed by atoms with Gasteiger partial charge in [-0.25, -0.2) is 4.79 Å². The SMILES string of the molecule is CN(c1ccccc1)C(C(=O)O)c1ccc(C(C)(C)C)cc1. The molecule has 0 radical (unpaired) electrons. The summed E-state index contributed by atoms with van der Waals surface area (Å²) in [5.41, 5.74) is 2.92. The van der Waals surface area contributed by atoms with Crippen LogP contribution >= 0.6 is 0 Å². The van der Waals surface area contributed by atoms with Crippen LogP contribution in [-0.4, -0.2) is 18.1 Å². The summed E-state index contributed by atoms with van der Waals surface area (Å²) in [7, 11) is 1.81. The molecule has 0 fully saturated rings. The van der Waals surface area contributed by atoms with E-state index in [1.807, 2.05) is 61.6 Å². The molecule has 2 aromatic carbocycles. The van der Waals surface area contributed by atoms with Crippen molar-refractivity contribution in [1.29, 1.82) is 0 Å². The van der Waals surface area contributed by atoms with E-state index in [0.29, 0.717) is 0 Å². The monoisotopic (exact) mass is 297 g/mol. The molecule has 0 heterocycles. The molecular weight excluding hydrogens is 274 g/mol. The number of carboxylic acids is 1. The zero-order chi connectivity index (χ0) is 16.3. The second-order valence-electron chi connectivity index (χ2n) is 6.56. The molecule has 3 nitrogen and oxygen atoms in total. The Labute approximate surface area is 132 Å². The second-order valence-corrected chi connectivity index (χ2v) is 6.56. The zero-order valence-electron chi connectivity index (χ0n) is 13.6. The lowest BCUT2D eigenvalue weighted by Gasteiger charge is -2.28. The minimum Gasteiger partial charge on any atom is -0.479 e. The van der Waals surface area contributed by atoms with Gasteiger partial charge in [0.2, 0.25) is 0 Å². The zero-order valence-corrected chi connectivity index (χ0v) is 13.6. The van der Waals surface area contributed by atoms with E-state index in [1.54, 1.807) is 4.90 Å². The third-order valence-electron chi connectivity index (χ3n) is 3.88. The van der Waals surface area contributed by atoms with Crippen molar-refractivity contribution in [2.75, 3.05) is 11.9 Å². The maximum Gasteiger partial charge on any atom is 0.331 e. The van der Waals surface area contributed by atoms with Gasteiger partial charge in [-0.05, 0) is 28.7 Å². The van der Waals surface area contributed by atoms with Gasteiger partial charge in [-0.15, -0.1) is 0 Å². The van der Waals surface area contributed by atoms with Crippen molar-refractivity contribution in [1.82, 2.24) is 0 Å². The Bertz CT molecular complexity index is 627. The molecule has 0 amide bonds. The summed E-state index contributed by atoms with van der Waals surface area (Å²) in [6, 6.07) is 16.7. The van der Waals surface area contributed by atoms with Crippen molar-refractivity contribution in [3.8, 4) is 0 Å². The fourth-order valence-corrected chi connectivity index (χ4v) is 2.51. The fraction of sp³-hybridized carbons (Fsp3) is 0.316. The van der Waals surface area contributed by atoms with Gasteiger partial charge < -0.3 is 10.0 Å². The standard InChI is InChI=1S/C19H23NO2/c1-19(2,3)15-12-10-14(11-13-15)17(18(21)22)20(4)16-8-6-5-7-9-16/h5-13,17H,1-4H3,(H,21,22). The minimum atomic E-state index is -0.852. The molecule has 0 saturated heterocycles. The number of aliphatic carboxylic acids is 1. The Kier molecular flexibility index (Phi) is 4.55. The molecule has 0 aliphatic heterocycles. The van der Waals surface area contributed by atoms with Crippen LogP contribution in [0.3, 0.4) is 0 Å². The van der Waals surface area contributed by atoms with Crippen LogP contribution < -0.4 is 4.90 Å². The highest BCUT2D eigenvalue weighted by molar-refractivity contribution is 5.80. The lowest BCUT2D eigenvalue weighted by Crippen LogP contribution is -2.30. The van der Waals surface area contributed by atoms with Gasteiger partial charge in [-0.1, -0.05) is 63.2 Å². The van der Waals surface area contributed by atoms with Crippen LogP contribution in [0.5, 0.6) is 0 Å². The number of nitrogens with zero attached hydrogens (tertiary/aromatic N) is 1. The number of hydrogen-bond donors (Lipinski definition) is 1. The summed E-state index contributed by atoms with van der Waals surface area (Å²) in [6.45, 7) is 6.44.